The van der Waals surface area contributed by atoms with Gasteiger partial charge in [0.1, 0.15) is 5.82 Å². The lowest BCUT2D eigenvalue weighted by Gasteiger charge is -1.82. The first-order chi connectivity index (χ1) is 4.93. The fourth-order valence-corrected chi connectivity index (χ4v) is 0.638. The van der Waals surface area contributed by atoms with Gasteiger partial charge in [-0.3, -0.25) is 0 Å². The molecule has 0 aliphatic heterocycles. The minimum absolute atomic E-state index is 0.192. The monoisotopic (exact) mass is 138 g/mol. The molecule has 0 radical (unpaired) electrons. The molecule has 0 saturated heterocycles. The molecule has 1 rings (SSSR count). The fourth-order valence-electron chi connectivity index (χ4n) is 0.638. The molecule has 54 valence electrons. The highest BCUT2D eigenvalue weighted by atomic mass is 16.2. The van der Waals surface area contributed by atoms with Gasteiger partial charge in [-0.2, -0.15) is 0 Å². The van der Waals surface area contributed by atoms with Crippen LogP contribution in [0.1, 0.15) is 12.2 Å². The molecule has 0 spiro atoms. The van der Waals surface area contributed by atoms with Crippen molar-refractivity contribution >= 4 is 6.08 Å². The molecule has 3 heteroatoms. The van der Waals surface area contributed by atoms with Gasteiger partial charge in [0.05, 0.1) is 0 Å². The summed E-state index contributed by atoms with van der Waals surface area (Å²) in [6, 6.07) is 0. The summed E-state index contributed by atoms with van der Waals surface area (Å²) in [6.07, 6.45) is 7.85. The molecule has 0 aliphatic carbocycles. The summed E-state index contributed by atoms with van der Waals surface area (Å²) in [5, 5.41) is 8.41. The molecule has 0 fully saturated rings. The number of nitrogens with one attached hydrogen (secondary N) is 1. The van der Waals surface area contributed by atoms with Crippen LogP contribution >= 0.6 is 0 Å². The fraction of sp³-hybridized carbons (Fsp3) is 0.286. The average molecular weight is 138 g/mol. The second-order valence-electron chi connectivity index (χ2n) is 1.89. The molecule has 10 heavy (non-hydrogen) atoms. The van der Waals surface area contributed by atoms with Crippen LogP contribution in [-0.2, 0) is 0 Å². The highest BCUT2D eigenvalue weighted by Gasteiger charge is 1.83. The number of hydrogen-bond acceptors (Lipinski definition) is 2. The molecule has 0 amide bonds. The first-order valence-electron chi connectivity index (χ1n) is 3.20. The molecule has 0 atom stereocenters. The van der Waals surface area contributed by atoms with Crippen LogP contribution in [-0.4, -0.2) is 21.7 Å². The summed E-state index contributed by atoms with van der Waals surface area (Å²) in [4.78, 5) is 6.88. The molecular weight excluding hydrogens is 128 g/mol. The third-order valence-corrected chi connectivity index (χ3v) is 1.09. The Morgan fingerprint density at radius 1 is 1.70 bits per heavy atom. The topological polar surface area (TPSA) is 48.9 Å². The predicted octanol–water partition coefficient (Wildman–Crippen LogP) is 0.805. The Bertz CT molecular complexity index is 191. The maximum absolute atomic E-state index is 8.41. The number of H-pyrrole nitrogens is 1. The lowest BCUT2D eigenvalue weighted by molar-refractivity contribution is 0.303. The lowest BCUT2D eigenvalue weighted by Crippen LogP contribution is -1.77. The van der Waals surface area contributed by atoms with E-state index in [4.69, 9.17) is 5.11 Å². The van der Waals surface area contributed by atoms with E-state index in [-0.39, 0.29) is 6.61 Å². The summed E-state index contributed by atoms with van der Waals surface area (Å²) >= 11 is 0. The second kappa shape index (κ2) is 3.85. The smallest absolute Gasteiger partial charge is 0.129 e. The maximum atomic E-state index is 8.41. The molecule has 0 saturated carbocycles. The number of nitrogens with zero attached hydrogens (tertiary/aromatic N) is 1. The van der Waals surface area contributed by atoms with Gasteiger partial charge in [-0.15, -0.1) is 0 Å². The highest BCUT2D eigenvalue weighted by Crippen LogP contribution is 1.92. The Hall–Kier alpha value is -1.09. The van der Waals surface area contributed by atoms with E-state index >= 15 is 0 Å². The summed E-state index contributed by atoms with van der Waals surface area (Å²) in [6.45, 7) is 0.192. The molecule has 0 unspecified atom stereocenters. The maximum Gasteiger partial charge on any atom is 0.129 e. The van der Waals surface area contributed by atoms with E-state index < -0.39 is 0 Å². The van der Waals surface area contributed by atoms with Gasteiger partial charge in [0, 0.05) is 19.0 Å². The molecule has 0 aromatic carbocycles. The van der Waals surface area contributed by atoms with E-state index in [1.54, 1.807) is 12.4 Å². The van der Waals surface area contributed by atoms with Gasteiger partial charge in [-0.1, -0.05) is 6.08 Å². The zero-order valence-electron chi connectivity index (χ0n) is 5.62. The first-order valence-corrected chi connectivity index (χ1v) is 3.20. The van der Waals surface area contributed by atoms with E-state index in [1.165, 1.54) is 0 Å². The van der Waals surface area contributed by atoms with Gasteiger partial charge in [0.25, 0.3) is 0 Å². The van der Waals surface area contributed by atoms with Gasteiger partial charge in [0.2, 0.25) is 0 Å². The second-order valence-corrected chi connectivity index (χ2v) is 1.89. The highest BCUT2D eigenvalue weighted by molar-refractivity contribution is 5.38. The molecule has 1 heterocycles. The number of aromatic amines is 1. The Morgan fingerprint density at radius 2 is 2.60 bits per heavy atom. The minimum atomic E-state index is 0.192. The van der Waals surface area contributed by atoms with Crippen molar-refractivity contribution in [2.24, 2.45) is 0 Å². The van der Waals surface area contributed by atoms with Gasteiger partial charge in [0.15, 0.2) is 0 Å². The van der Waals surface area contributed by atoms with Crippen LogP contribution in [0.15, 0.2) is 18.5 Å². The van der Waals surface area contributed by atoms with Crippen molar-refractivity contribution < 1.29 is 5.11 Å². The van der Waals surface area contributed by atoms with E-state index in [0.717, 1.165) is 5.82 Å². The van der Waals surface area contributed by atoms with Gasteiger partial charge < -0.3 is 10.1 Å². The zero-order chi connectivity index (χ0) is 7.23. The van der Waals surface area contributed by atoms with E-state index in [0.29, 0.717) is 6.42 Å². The Labute approximate surface area is 59.4 Å². The minimum Gasteiger partial charge on any atom is -0.396 e. The van der Waals surface area contributed by atoms with Crippen LogP contribution in [0.4, 0.5) is 0 Å². The number of aliphatic hydroxyl groups is 1. The normalized spacial score (nSPS) is 10.9. The SMILES string of the molecule is OCCC=Cc1ncc[nH]1. The van der Waals surface area contributed by atoms with Crippen LogP contribution in [0.3, 0.4) is 0 Å². The Balaban J connectivity index is 2.40. The number of aromatic nitrogens is 2. The number of imidazole rings is 1. The quantitative estimate of drug-likeness (QED) is 0.649. The van der Waals surface area contributed by atoms with E-state index in [1.807, 2.05) is 12.2 Å². The van der Waals surface area contributed by atoms with Crippen molar-refractivity contribution in [3.05, 3.63) is 24.3 Å². The van der Waals surface area contributed by atoms with E-state index in [9.17, 15) is 0 Å². The predicted molar refractivity (Wildman–Crippen MR) is 39.3 cm³/mol. The molecule has 0 bridgehead atoms. The number of rotatable bonds is 3. The van der Waals surface area contributed by atoms with Crippen molar-refractivity contribution in [1.29, 1.82) is 0 Å². The number of aliphatic hydroxyl groups excluding tert-OH is 1. The third-order valence-electron chi connectivity index (χ3n) is 1.09. The Morgan fingerprint density at radius 3 is 3.20 bits per heavy atom. The van der Waals surface area contributed by atoms with Crippen LogP contribution < -0.4 is 0 Å². The number of hydrogen-bond donors (Lipinski definition) is 2. The van der Waals surface area contributed by atoms with Crippen molar-refractivity contribution in [2.75, 3.05) is 6.61 Å². The van der Waals surface area contributed by atoms with Gasteiger partial charge in [-0.05, 0) is 12.5 Å². The van der Waals surface area contributed by atoms with E-state index in [2.05, 4.69) is 9.97 Å². The van der Waals surface area contributed by atoms with Crippen LogP contribution in [0.25, 0.3) is 6.08 Å². The van der Waals surface area contributed by atoms with Crippen LogP contribution in [0.5, 0.6) is 0 Å². The van der Waals surface area contributed by atoms with Crippen LogP contribution in [0, 0.1) is 0 Å². The molecule has 3 nitrogen and oxygen atoms in total. The van der Waals surface area contributed by atoms with Crippen molar-refractivity contribution in [2.45, 2.75) is 6.42 Å². The van der Waals surface area contributed by atoms with Crippen molar-refractivity contribution in [1.82, 2.24) is 9.97 Å². The van der Waals surface area contributed by atoms with Crippen LogP contribution in [0.2, 0.25) is 0 Å². The van der Waals surface area contributed by atoms with Crippen molar-refractivity contribution in [3.8, 4) is 0 Å². The summed E-state index contributed by atoms with van der Waals surface area (Å²) < 4.78 is 0. The molecule has 1 aromatic rings. The summed E-state index contributed by atoms with van der Waals surface area (Å²) in [7, 11) is 0. The molecule has 2 N–H and O–H groups in total. The largest absolute Gasteiger partial charge is 0.396 e. The summed E-state index contributed by atoms with van der Waals surface area (Å²) in [5.41, 5.74) is 0. The molecule has 0 aliphatic rings. The molecular formula is C7H10N2O. The average Bonchev–Trinajstić information content (AvgIpc) is 2.41. The lowest BCUT2D eigenvalue weighted by atomic mass is 10.4. The Kier molecular flexibility index (Phi) is 2.70. The first kappa shape index (κ1) is 7.02. The molecule has 1 aromatic heterocycles. The van der Waals surface area contributed by atoms with Gasteiger partial charge >= 0.3 is 0 Å². The van der Waals surface area contributed by atoms with Crippen molar-refractivity contribution in [3.63, 3.8) is 0 Å². The third kappa shape index (κ3) is 2.03. The zero-order valence-corrected chi connectivity index (χ0v) is 5.62. The standard InChI is InChI=1S/C7H10N2O/c10-6-2-1-3-7-8-4-5-9-7/h1,3-5,10H,2,6H2,(H,8,9). The van der Waals surface area contributed by atoms with Gasteiger partial charge in [-0.25, -0.2) is 4.98 Å². The summed E-state index contributed by atoms with van der Waals surface area (Å²) in [5.74, 6) is 0.827.